The molecule has 0 aromatic heterocycles. The molecular weight excluding hydrogens is 258 g/mol. The number of nitrogens with zero attached hydrogens (tertiary/aromatic N) is 2. The van der Waals surface area contributed by atoms with Gasteiger partial charge in [0.25, 0.3) is 0 Å². The van der Waals surface area contributed by atoms with Gasteiger partial charge < -0.3 is 5.32 Å². The van der Waals surface area contributed by atoms with Crippen LogP contribution in [0, 0.1) is 11.8 Å². The van der Waals surface area contributed by atoms with Gasteiger partial charge in [0.05, 0.1) is 0 Å². The zero-order chi connectivity index (χ0) is 14.8. The van der Waals surface area contributed by atoms with Crippen molar-refractivity contribution >= 4 is 0 Å². The smallest absolute Gasteiger partial charge is 0.0224 e. The first-order chi connectivity index (χ1) is 10.2. The molecule has 3 fully saturated rings. The molecule has 122 valence electrons. The molecule has 3 rings (SSSR count). The van der Waals surface area contributed by atoms with Crippen LogP contribution < -0.4 is 5.32 Å². The molecule has 1 aliphatic carbocycles. The largest absolute Gasteiger partial charge is 0.317 e. The number of piperazine rings is 1. The average Bonchev–Trinajstić information content (AvgIpc) is 2.94. The van der Waals surface area contributed by atoms with Crippen LogP contribution in [0.4, 0.5) is 0 Å². The summed E-state index contributed by atoms with van der Waals surface area (Å²) in [6, 6.07) is 2.36. The highest BCUT2D eigenvalue weighted by molar-refractivity contribution is 4.93. The molecule has 3 aliphatic rings. The molecule has 2 aliphatic heterocycles. The Morgan fingerprint density at radius 1 is 1.14 bits per heavy atom. The van der Waals surface area contributed by atoms with Crippen LogP contribution in [0.15, 0.2) is 0 Å². The Kier molecular flexibility index (Phi) is 5.23. The van der Waals surface area contributed by atoms with Crippen LogP contribution in [0.2, 0.25) is 0 Å². The van der Waals surface area contributed by atoms with Crippen molar-refractivity contribution in [2.45, 2.75) is 70.5 Å². The predicted molar refractivity (Wildman–Crippen MR) is 89.6 cm³/mol. The molecule has 0 amide bonds. The first kappa shape index (κ1) is 15.8. The van der Waals surface area contributed by atoms with Crippen molar-refractivity contribution in [1.29, 1.82) is 0 Å². The van der Waals surface area contributed by atoms with Crippen molar-refractivity contribution < 1.29 is 0 Å². The highest BCUT2D eigenvalue weighted by atomic mass is 15.3. The fourth-order valence-corrected chi connectivity index (χ4v) is 5.12. The average molecular weight is 293 g/mol. The van der Waals surface area contributed by atoms with E-state index in [-0.39, 0.29) is 0 Å². The first-order valence-electron chi connectivity index (χ1n) is 9.36. The summed E-state index contributed by atoms with van der Waals surface area (Å²) in [5.74, 6) is 1.84. The molecule has 1 saturated carbocycles. The van der Waals surface area contributed by atoms with Crippen molar-refractivity contribution in [2.75, 3.05) is 33.2 Å². The zero-order valence-corrected chi connectivity index (χ0v) is 14.4. The molecule has 21 heavy (non-hydrogen) atoms. The van der Waals surface area contributed by atoms with E-state index in [0.29, 0.717) is 0 Å². The number of hydrogen-bond donors (Lipinski definition) is 1. The summed E-state index contributed by atoms with van der Waals surface area (Å²) in [5, 5.41) is 3.61. The predicted octanol–water partition coefficient (Wildman–Crippen LogP) is 2.57. The minimum absolute atomic E-state index is 0.749. The second kappa shape index (κ2) is 6.97. The summed E-state index contributed by atoms with van der Waals surface area (Å²) in [5.41, 5.74) is 0. The molecule has 0 aromatic carbocycles. The van der Waals surface area contributed by atoms with Gasteiger partial charge in [0.1, 0.15) is 0 Å². The lowest BCUT2D eigenvalue weighted by Gasteiger charge is -2.46. The third-order valence-corrected chi connectivity index (χ3v) is 6.57. The fourth-order valence-electron chi connectivity index (χ4n) is 5.12. The summed E-state index contributed by atoms with van der Waals surface area (Å²) in [6.07, 6.45) is 8.49. The van der Waals surface area contributed by atoms with E-state index >= 15 is 0 Å². The summed E-state index contributed by atoms with van der Waals surface area (Å²) >= 11 is 0. The molecule has 2 saturated heterocycles. The molecule has 0 aromatic rings. The van der Waals surface area contributed by atoms with Gasteiger partial charge in [-0.1, -0.05) is 13.3 Å². The van der Waals surface area contributed by atoms with Crippen LogP contribution in [-0.2, 0) is 0 Å². The molecule has 2 heterocycles. The first-order valence-corrected chi connectivity index (χ1v) is 9.36. The van der Waals surface area contributed by atoms with Gasteiger partial charge in [0, 0.05) is 37.8 Å². The monoisotopic (exact) mass is 293 g/mol. The Labute approximate surface area is 131 Å². The van der Waals surface area contributed by atoms with Crippen LogP contribution in [0.5, 0.6) is 0 Å². The van der Waals surface area contributed by atoms with E-state index in [2.05, 4.69) is 36.0 Å². The Morgan fingerprint density at radius 2 is 2.00 bits per heavy atom. The van der Waals surface area contributed by atoms with Crippen LogP contribution in [0.1, 0.15) is 52.4 Å². The van der Waals surface area contributed by atoms with Gasteiger partial charge in [-0.05, 0) is 64.5 Å². The van der Waals surface area contributed by atoms with E-state index in [1.54, 1.807) is 0 Å². The topological polar surface area (TPSA) is 18.5 Å². The fraction of sp³-hybridized carbons (Fsp3) is 1.00. The molecule has 0 spiro atoms. The van der Waals surface area contributed by atoms with Crippen molar-refractivity contribution in [3.63, 3.8) is 0 Å². The minimum atomic E-state index is 0.749. The lowest BCUT2D eigenvalue weighted by Crippen LogP contribution is -2.57. The standard InChI is InChI=1S/C18H35N3/c1-4-15-7-8-18(19-3)16(10-15)12-21-13-17-6-5-9-20(17)11-14(21)2/h14-19H,4-13H2,1-3H3. The Balaban J connectivity index is 1.60. The van der Waals surface area contributed by atoms with E-state index in [4.69, 9.17) is 0 Å². The van der Waals surface area contributed by atoms with E-state index < -0.39 is 0 Å². The third kappa shape index (κ3) is 3.46. The molecular formula is C18H35N3. The van der Waals surface area contributed by atoms with Gasteiger partial charge in [-0.25, -0.2) is 0 Å². The van der Waals surface area contributed by atoms with Crippen molar-refractivity contribution in [1.82, 2.24) is 15.1 Å². The zero-order valence-electron chi connectivity index (χ0n) is 14.4. The third-order valence-electron chi connectivity index (χ3n) is 6.57. The van der Waals surface area contributed by atoms with Gasteiger partial charge in [-0.2, -0.15) is 0 Å². The lowest BCUT2D eigenvalue weighted by atomic mass is 9.76. The van der Waals surface area contributed by atoms with Crippen molar-refractivity contribution in [2.24, 2.45) is 11.8 Å². The highest BCUT2D eigenvalue weighted by Crippen LogP contribution is 2.33. The van der Waals surface area contributed by atoms with Crippen LogP contribution in [-0.4, -0.2) is 61.2 Å². The Bertz CT molecular complexity index is 332. The molecule has 3 heteroatoms. The van der Waals surface area contributed by atoms with Gasteiger partial charge in [-0.3, -0.25) is 9.80 Å². The highest BCUT2D eigenvalue weighted by Gasteiger charge is 2.37. The number of hydrogen-bond acceptors (Lipinski definition) is 3. The summed E-state index contributed by atoms with van der Waals surface area (Å²) in [7, 11) is 2.17. The quantitative estimate of drug-likeness (QED) is 0.859. The maximum atomic E-state index is 3.61. The van der Waals surface area contributed by atoms with Gasteiger partial charge in [0.15, 0.2) is 0 Å². The SMILES string of the molecule is CCC1CCC(NC)C(CN2CC3CCCN3CC2C)C1. The van der Waals surface area contributed by atoms with Crippen LogP contribution in [0.25, 0.3) is 0 Å². The molecule has 0 radical (unpaired) electrons. The Morgan fingerprint density at radius 3 is 2.76 bits per heavy atom. The summed E-state index contributed by atoms with van der Waals surface area (Å²) in [4.78, 5) is 5.56. The second-order valence-corrected chi connectivity index (χ2v) is 7.84. The summed E-state index contributed by atoms with van der Waals surface area (Å²) < 4.78 is 0. The maximum absolute atomic E-state index is 3.61. The molecule has 3 nitrogen and oxygen atoms in total. The van der Waals surface area contributed by atoms with E-state index in [1.165, 1.54) is 64.7 Å². The Hall–Kier alpha value is -0.120. The maximum Gasteiger partial charge on any atom is 0.0224 e. The number of fused-ring (bicyclic) bond motifs is 1. The minimum Gasteiger partial charge on any atom is -0.317 e. The molecule has 1 N–H and O–H groups in total. The second-order valence-electron chi connectivity index (χ2n) is 7.84. The van der Waals surface area contributed by atoms with E-state index in [9.17, 15) is 0 Å². The van der Waals surface area contributed by atoms with Gasteiger partial charge in [-0.15, -0.1) is 0 Å². The van der Waals surface area contributed by atoms with E-state index in [0.717, 1.165) is 30.0 Å². The summed E-state index contributed by atoms with van der Waals surface area (Å²) in [6.45, 7) is 10.1. The van der Waals surface area contributed by atoms with E-state index in [1.807, 2.05) is 0 Å². The van der Waals surface area contributed by atoms with Crippen LogP contribution in [0.3, 0.4) is 0 Å². The number of rotatable bonds is 4. The van der Waals surface area contributed by atoms with Gasteiger partial charge >= 0.3 is 0 Å². The molecule has 5 unspecified atom stereocenters. The molecule has 5 atom stereocenters. The number of nitrogens with one attached hydrogen (secondary N) is 1. The van der Waals surface area contributed by atoms with Crippen LogP contribution >= 0.6 is 0 Å². The van der Waals surface area contributed by atoms with Gasteiger partial charge in [0.2, 0.25) is 0 Å². The van der Waals surface area contributed by atoms with Crippen molar-refractivity contribution in [3.8, 4) is 0 Å². The lowest BCUT2D eigenvalue weighted by molar-refractivity contribution is 0.0334. The molecule has 0 bridgehead atoms. The normalized spacial score (nSPS) is 42.1. The van der Waals surface area contributed by atoms with Crippen molar-refractivity contribution in [3.05, 3.63) is 0 Å².